The lowest BCUT2D eigenvalue weighted by Gasteiger charge is -2.22. The third-order valence-corrected chi connectivity index (χ3v) is 5.89. The summed E-state index contributed by atoms with van der Waals surface area (Å²) in [6.45, 7) is 8.28. The van der Waals surface area contributed by atoms with Gasteiger partial charge in [0.05, 0.1) is 11.4 Å². The normalized spacial score (nSPS) is 12.0. The maximum absolute atomic E-state index is 12.4. The number of nitrogens with one attached hydrogen (secondary N) is 1. The molecule has 1 atom stereocenters. The molecule has 0 spiro atoms. The molecule has 1 amide bonds. The molecule has 0 aliphatic carbocycles. The van der Waals surface area contributed by atoms with Crippen LogP contribution in [0.15, 0.2) is 47.8 Å². The van der Waals surface area contributed by atoms with Gasteiger partial charge < -0.3 is 5.32 Å². The van der Waals surface area contributed by atoms with Gasteiger partial charge in [-0.3, -0.25) is 9.69 Å². The maximum atomic E-state index is 12.4. The minimum Gasteiger partial charge on any atom is -0.304 e. The van der Waals surface area contributed by atoms with Gasteiger partial charge in [-0.15, -0.1) is 11.3 Å². The van der Waals surface area contributed by atoms with Crippen molar-refractivity contribution in [3.8, 4) is 0 Å². The molecule has 28 heavy (non-hydrogen) atoms. The van der Waals surface area contributed by atoms with Gasteiger partial charge in [0.1, 0.15) is 0 Å². The fraction of sp³-hybridized carbons (Fsp3) is 0.273. The third kappa shape index (κ3) is 4.43. The minimum absolute atomic E-state index is 0.0457. The van der Waals surface area contributed by atoms with Gasteiger partial charge in [0.15, 0.2) is 5.13 Å². The van der Waals surface area contributed by atoms with Crippen LogP contribution in [-0.2, 0) is 11.3 Å². The minimum atomic E-state index is -0.0457. The number of carbonyl (C=O) groups excluding carboxylic acids is 1. The van der Waals surface area contributed by atoms with Crippen LogP contribution in [-0.4, -0.2) is 10.9 Å². The lowest BCUT2D eigenvalue weighted by Crippen LogP contribution is -2.24. The van der Waals surface area contributed by atoms with Gasteiger partial charge in [-0.2, -0.15) is 0 Å². The summed E-state index contributed by atoms with van der Waals surface area (Å²) < 4.78 is 0. The van der Waals surface area contributed by atoms with Crippen molar-refractivity contribution < 1.29 is 4.79 Å². The van der Waals surface area contributed by atoms with Gasteiger partial charge in [-0.05, 0) is 43.5 Å². The van der Waals surface area contributed by atoms with Gasteiger partial charge >= 0.3 is 0 Å². The molecule has 3 aromatic rings. The van der Waals surface area contributed by atoms with Crippen LogP contribution >= 0.6 is 22.9 Å². The average Bonchev–Trinajstić information content (AvgIpc) is 3.11. The predicted molar refractivity (Wildman–Crippen MR) is 118 cm³/mol. The first kappa shape index (κ1) is 20.5. The smallest absolute Gasteiger partial charge is 0.230 e. The second-order valence-corrected chi connectivity index (χ2v) is 8.08. The summed E-state index contributed by atoms with van der Waals surface area (Å²) in [6, 6.07) is 13.9. The van der Waals surface area contributed by atoms with Crippen LogP contribution in [0.2, 0.25) is 5.02 Å². The van der Waals surface area contributed by atoms with Crippen LogP contribution in [0.25, 0.3) is 0 Å². The number of hydrogen-bond donors (Lipinski definition) is 1. The number of para-hydroxylation sites is 1. The fourth-order valence-corrected chi connectivity index (χ4v) is 4.39. The first-order valence-electron chi connectivity index (χ1n) is 9.17. The molecule has 4 nitrogen and oxygen atoms in total. The molecule has 0 saturated heterocycles. The van der Waals surface area contributed by atoms with Gasteiger partial charge in [0.2, 0.25) is 5.91 Å². The van der Waals surface area contributed by atoms with Crippen molar-refractivity contribution in [2.45, 2.75) is 40.3 Å². The molecule has 0 saturated carbocycles. The van der Waals surface area contributed by atoms with E-state index in [4.69, 9.17) is 16.6 Å². The molecule has 0 radical (unpaired) electrons. The highest BCUT2D eigenvalue weighted by atomic mass is 35.5. The summed E-state index contributed by atoms with van der Waals surface area (Å²) in [6.07, 6.45) is 0. The summed E-state index contributed by atoms with van der Waals surface area (Å²) >= 11 is 7.76. The monoisotopic (exact) mass is 413 g/mol. The quantitative estimate of drug-likeness (QED) is 0.543. The first-order chi connectivity index (χ1) is 13.4. The van der Waals surface area contributed by atoms with Crippen LogP contribution < -0.4 is 10.2 Å². The van der Waals surface area contributed by atoms with E-state index in [1.807, 2.05) is 61.7 Å². The zero-order chi connectivity index (χ0) is 20.3. The van der Waals surface area contributed by atoms with E-state index in [0.717, 1.165) is 33.1 Å². The number of nitrogens with zero attached hydrogens (tertiary/aromatic N) is 2. The molecular formula is C22H24ClN3OS. The second kappa shape index (κ2) is 8.86. The summed E-state index contributed by atoms with van der Waals surface area (Å²) in [5.41, 5.74) is 4.97. The number of rotatable bonds is 6. The molecule has 1 heterocycles. The molecule has 0 aliphatic heterocycles. The van der Waals surface area contributed by atoms with E-state index >= 15 is 0 Å². The Hall–Kier alpha value is -2.21. The van der Waals surface area contributed by atoms with Crippen molar-refractivity contribution in [1.29, 1.82) is 0 Å². The molecule has 2 aromatic carbocycles. The molecule has 0 fully saturated rings. The zero-order valence-electron chi connectivity index (χ0n) is 16.5. The Morgan fingerprint density at radius 2 is 1.86 bits per heavy atom. The fourth-order valence-electron chi connectivity index (χ4n) is 3.22. The third-order valence-electron chi connectivity index (χ3n) is 4.67. The van der Waals surface area contributed by atoms with E-state index in [-0.39, 0.29) is 11.9 Å². The number of aryl methyl sites for hydroxylation is 2. The van der Waals surface area contributed by atoms with E-state index < -0.39 is 0 Å². The van der Waals surface area contributed by atoms with Crippen molar-refractivity contribution in [1.82, 2.24) is 10.3 Å². The second-order valence-electron chi connectivity index (χ2n) is 6.84. The number of benzene rings is 2. The van der Waals surface area contributed by atoms with E-state index in [2.05, 4.69) is 12.2 Å². The van der Waals surface area contributed by atoms with Crippen LogP contribution in [0.3, 0.4) is 0 Å². The highest BCUT2D eigenvalue weighted by molar-refractivity contribution is 7.14. The summed E-state index contributed by atoms with van der Waals surface area (Å²) in [7, 11) is 0. The number of carbonyl (C=O) groups is 1. The summed E-state index contributed by atoms with van der Waals surface area (Å²) in [4.78, 5) is 18.8. The van der Waals surface area contributed by atoms with E-state index in [1.165, 1.54) is 11.3 Å². The predicted octanol–water partition coefficient (Wildman–Crippen LogP) is 5.95. The van der Waals surface area contributed by atoms with Crippen molar-refractivity contribution in [2.24, 2.45) is 0 Å². The Morgan fingerprint density at radius 1 is 1.18 bits per heavy atom. The van der Waals surface area contributed by atoms with Crippen molar-refractivity contribution >= 4 is 39.7 Å². The Balaban J connectivity index is 1.78. The standard InChI is InChI=1S/C22H24ClN3OS/c1-14-8-7-9-15(2)21(14)26(17(4)27)22-25-18(13-28-22)12-24-16(3)19-10-5-6-11-20(19)23/h5-11,13,16,24H,12H2,1-4H3/t16-/m1/s1. The van der Waals surface area contributed by atoms with Gasteiger partial charge in [-0.1, -0.05) is 48.0 Å². The van der Waals surface area contributed by atoms with Crippen molar-refractivity contribution in [3.63, 3.8) is 0 Å². The zero-order valence-corrected chi connectivity index (χ0v) is 18.1. The molecule has 6 heteroatoms. The van der Waals surface area contributed by atoms with E-state index in [0.29, 0.717) is 11.7 Å². The topological polar surface area (TPSA) is 45.2 Å². The number of hydrogen-bond acceptors (Lipinski definition) is 4. The molecule has 0 aliphatic rings. The average molecular weight is 414 g/mol. The molecule has 3 rings (SSSR count). The van der Waals surface area contributed by atoms with Crippen molar-refractivity contribution in [3.05, 3.63) is 75.3 Å². The summed E-state index contributed by atoms with van der Waals surface area (Å²) in [5.74, 6) is -0.0457. The molecule has 0 unspecified atom stereocenters. The van der Waals surface area contributed by atoms with Crippen LogP contribution in [0.4, 0.5) is 10.8 Å². The Labute approximate surface area is 175 Å². The Kier molecular flexibility index (Phi) is 6.50. The first-order valence-corrected chi connectivity index (χ1v) is 10.4. The number of halogens is 1. The lowest BCUT2D eigenvalue weighted by atomic mass is 10.1. The Bertz CT molecular complexity index is 965. The molecule has 1 aromatic heterocycles. The van der Waals surface area contributed by atoms with Gasteiger partial charge in [0.25, 0.3) is 0 Å². The van der Waals surface area contributed by atoms with Crippen molar-refractivity contribution in [2.75, 3.05) is 4.90 Å². The van der Waals surface area contributed by atoms with E-state index in [9.17, 15) is 4.79 Å². The van der Waals surface area contributed by atoms with Crippen LogP contribution in [0.5, 0.6) is 0 Å². The van der Waals surface area contributed by atoms with E-state index in [1.54, 1.807) is 11.8 Å². The Morgan fingerprint density at radius 3 is 2.50 bits per heavy atom. The highest BCUT2D eigenvalue weighted by Gasteiger charge is 2.21. The lowest BCUT2D eigenvalue weighted by molar-refractivity contribution is -0.115. The largest absolute Gasteiger partial charge is 0.304 e. The number of anilines is 2. The highest BCUT2D eigenvalue weighted by Crippen LogP contribution is 2.34. The molecule has 0 bridgehead atoms. The number of aromatic nitrogens is 1. The SMILES string of the molecule is CC(=O)N(c1nc(CN[C@H](C)c2ccccc2Cl)cs1)c1c(C)cccc1C. The number of thiazole rings is 1. The molecule has 146 valence electrons. The van der Waals surface area contributed by atoms with Gasteiger partial charge in [0, 0.05) is 29.9 Å². The maximum Gasteiger partial charge on any atom is 0.230 e. The molecule has 1 N–H and O–H groups in total. The number of amides is 1. The van der Waals surface area contributed by atoms with Crippen LogP contribution in [0.1, 0.15) is 42.3 Å². The summed E-state index contributed by atoms with van der Waals surface area (Å²) in [5, 5.41) is 6.88. The van der Waals surface area contributed by atoms with Crippen LogP contribution in [0, 0.1) is 13.8 Å². The molecular weight excluding hydrogens is 390 g/mol. The van der Waals surface area contributed by atoms with Gasteiger partial charge in [-0.25, -0.2) is 4.98 Å².